The maximum Gasteiger partial charge on any atom is 0.312 e. The monoisotopic (exact) mass is 376 g/mol. The van der Waals surface area contributed by atoms with Gasteiger partial charge in [-0.1, -0.05) is 31.5 Å². The molecule has 27 heavy (non-hydrogen) atoms. The van der Waals surface area contributed by atoms with E-state index >= 15 is 0 Å². The average Bonchev–Trinajstić information content (AvgIpc) is 2.66. The molecule has 1 saturated heterocycles. The van der Waals surface area contributed by atoms with Crippen LogP contribution < -0.4 is 10.5 Å². The number of nitrogens with zero attached hydrogens (tertiary/aromatic N) is 1. The van der Waals surface area contributed by atoms with Crippen LogP contribution in [0.4, 0.5) is 0 Å². The molecule has 1 fully saturated rings. The van der Waals surface area contributed by atoms with Gasteiger partial charge >= 0.3 is 5.97 Å². The zero-order valence-corrected chi connectivity index (χ0v) is 16.1. The normalized spacial score (nSPS) is 20.9. The summed E-state index contributed by atoms with van der Waals surface area (Å²) in [6.07, 6.45) is 1.36. The van der Waals surface area contributed by atoms with Crippen molar-refractivity contribution in [3.05, 3.63) is 29.8 Å². The molecular formula is C20H28N2O5. The summed E-state index contributed by atoms with van der Waals surface area (Å²) in [6, 6.07) is 6.86. The maximum absolute atomic E-state index is 12.8. The topological polar surface area (TPSA) is 98.9 Å². The van der Waals surface area contributed by atoms with Gasteiger partial charge in [0.15, 0.2) is 6.10 Å². The Morgan fingerprint density at radius 2 is 2.04 bits per heavy atom. The first-order valence-electron chi connectivity index (χ1n) is 9.32. The summed E-state index contributed by atoms with van der Waals surface area (Å²) in [4.78, 5) is 38.5. The number of nitrogens with two attached hydrogens (primary N) is 1. The third kappa shape index (κ3) is 4.78. The Bertz CT molecular complexity index is 691. The van der Waals surface area contributed by atoms with Crippen molar-refractivity contribution in [1.29, 1.82) is 0 Å². The summed E-state index contributed by atoms with van der Waals surface area (Å²) >= 11 is 0. The van der Waals surface area contributed by atoms with Gasteiger partial charge in [0, 0.05) is 18.5 Å². The van der Waals surface area contributed by atoms with Crippen molar-refractivity contribution in [2.24, 2.45) is 11.7 Å². The Kier molecular flexibility index (Phi) is 7.21. The number of likely N-dealkylation sites (tertiary alicyclic amines) is 1. The van der Waals surface area contributed by atoms with Crippen LogP contribution in [0.2, 0.25) is 0 Å². The second kappa shape index (κ2) is 9.39. The molecule has 0 aromatic heterocycles. The highest BCUT2D eigenvalue weighted by atomic mass is 16.5. The highest BCUT2D eigenvalue weighted by molar-refractivity contribution is 5.85. The molecule has 1 aromatic rings. The van der Waals surface area contributed by atoms with E-state index in [1.54, 1.807) is 18.1 Å². The van der Waals surface area contributed by atoms with E-state index in [2.05, 4.69) is 0 Å². The smallest absolute Gasteiger partial charge is 0.312 e. The Balaban J connectivity index is 2.42. The Labute approximate surface area is 159 Å². The number of methoxy groups -OCH3 is 1. The number of esters is 1. The molecule has 0 saturated carbocycles. The number of ether oxygens (including phenoxy) is 2. The van der Waals surface area contributed by atoms with E-state index in [0.29, 0.717) is 18.7 Å². The van der Waals surface area contributed by atoms with Gasteiger partial charge in [0.1, 0.15) is 5.75 Å². The fourth-order valence-electron chi connectivity index (χ4n) is 3.41. The van der Waals surface area contributed by atoms with E-state index in [9.17, 15) is 14.4 Å². The lowest BCUT2D eigenvalue weighted by Crippen LogP contribution is -2.47. The quantitative estimate of drug-likeness (QED) is 0.701. The summed E-state index contributed by atoms with van der Waals surface area (Å²) < 4.78 is 10.7. The standard InChI is InChI=1S/C20H28N2O5/c1-4-5-12-22-17(23)11-10-15(20(25)27-13(2)19(21)24)18(22)14-8-6-7-9-16(14)26-3/h6-9,13,15,18H,4-5,10-12H2,1-3H3,(H2,21,24)/t13-,15+,18-/m0/s1. The zero-order chi connectivity index (χ0) is 20.0. The van der Waals surface area contributed by atoms with Crippen LogP contribution in [0.5, 0.6) is 5.75 Å². The molecule has 2 amide bonds. The molecule has 0 unspecified atom stereocenters. The van der Waals surface area contributed by atoms with E-state index in [-0.39, 0.29) is 12.3 Å². The Morgan fingerprint density at radius 3 is 2.67 bits per heavy atom. The summed E-state index contributed by atoms with van der Waals surface area (Å²) in [6.45, 7) is 4.04. The fourth-order valence-corrected chi connectivity index (χ4v) is 3.41. The molecule has 1 aliphatic heterocycles. The van der Waals surface area contributed by atoms with Gasteiger partial charge in [0.05, 0.1) is 19.1 Å². The number of benzene rings is 1. The number of carbonyl (C=O) groups is 3. The molecule has 2 N–H and O–H groups in total. The van der Waals surface area contributed by atoms with Crippen molar-refractivity contribution in [3.8, 4) is 5.75 Å². The Hall–Kier alpha value is -2.57. The summed E-state index contributed by atoms with van der Waals surface area (Å²) in [5.74, 6) is -1.19. The molecule has 2 rings (SSSR count). The van der Waals surface area contributed by atoms with E-state index in [4.69, 9.17) is 15.2 Å². The zero-order valence-electron chi connectivity index (χ0n) is 16.1. The van der Waals surface area contributed by atoms with Gasteiger partial charge in [-0.05, 0) is 25.8 Å². The average molecular weight is 376 g/mol. The van der Waals surface area contributed by atoms with Crippen LogP contribution in [0.1, 0.15) is 51.1 Å². The van der Waals surface area contributed by atoms with Gasteiger partial charge in [0.25, 0.3) is 5.91 Å². The highest BCUT2D eigenvalue weighted by Gasteiger charge is 2.43. The first-order valence-corrected chi connectivity index (χ1v) is 9.32. The molecule has 0 spiro atoms. The summed E-state index contributed by atoms with van der Waals surface area (Å²) in [5.41, 5.74) is 5.98. The first-order chi connectivity index (χ1) is 12.9. The minimum Gasteiger partial charge on any atom is -0.496 e. The molecule has 1 aliphatic rings. The van der Waals surface area contributed by atoms with Gasteiger partial charge in [-0.25, -0.2) is 0 Å². The van der Waals surface area contributed by atoms with Crippen LogP contribution in [0, 0.1) is 5.92 Å². The van der Waals surface area contributed by atoms with Crippen LogP contribution in [-0.4, -0.2) is 42.4 Å². The SMILES string of the molecule is CCCCN1C(=O)CC[C@@H](C(=O)O[C@@H](C)C(N)=O)[C@@H]1c1ccccc1OC. The Morgan fingerprint density at radius 1 is 1.33 bits per heavy atom. The van der Waals surface area contributed by atoms with Crippen molar-refractivity contribution in [3.63, 3.8) is 0 Å². The van der Waals surface area contributed by atoms with Crippen LogP contribution in [-0.2, 0) is 19.1 Å². The van der Waals surface area contributed by atoms with E-state index in [0.717, 1.165) is 18.4 Å². The number of hydrogen-bond acceptors (Lipinski definition) is 5. The van der Waals surface area contributed by atoms with Crippen LogP contribution in [0.3, 0.4) is 0 Å². The number of hydrogen-bond donors (Lipinski definition) is 1. The number of piperidine rings is 1. The molecule has 148 valence electrons. The molecule has 3 atom stereocenters. The van der Waals surface area contributed by atoms with E-state index < -0.39 is 29.9 Å². The van der Waals surface area contributed by atoms with Crippen molar-refractivity contribution < 1.29 is 23.9 Å². The molecule has 7 heteroatoms. The number of carbonyl (C=O) groups excluding carboxylic acids is 3. The molecule has 0 bridgehead atoms. The fraction of sp³-hybridized carbons (Fsp3) is 0.550. The lowest BCUT2D eigenvalue weighted by Gasteiger charge is -2.41. The molecule has 0 aliphatic carbocycles. The number of primary amides is 1. The highest BCUT2D eigenvalue weighted by Crippen LogP contribution is 2.41. The number of unbranched alkanes of at least 4 members (excludes halogenated alkanes) is 1. The molecule has 1 aromatic carbocycles. The van der Waals surface area contributed by atoms with Gasteiger partial charge in [-0.2, -0.15) is 0 Å². The van der Waals surface area contributed by atoms with Gasteiger partial charge < -0.3 is 20.1 Å². The van der Waals surface area contributed by atoms with E-state index in [1.165, 1.54) is 6.92 Å². The van der Waals surface area contributed by atoms with Gasteiger partial charge in [0.2, 0.25) is 5.91 Å². The molecule has 7 nitrogen and oxygen atoms in total. The van der Waals surface area contributed by atoms with Crippen molar-refractivity contribution in [2.45, 2.75) is 51.7 Å². The van der Waals surface area contributed by atoms with Crippen LogP contribution in [0.25, 0.3) is 0 Å². The molecule has 0 radical (unpaired) electrons. The first kappa shape index (κ1) is 20.7. The van der Waals surface area contributed by atoms with E-state index in [1.807, 2.05) is 25.1 Å². The number of amides is 2. The second-order valence-corrected chi connectivity index (χ2v) is 6.75. The van der Waals surface area contributed by atoms with Gasteiger partial charge in [-0.3, -0.25) is 14.4 Å². The summed E-state index contributed by atoms with van der Waals surface area (Å²) in [5, 5.41) is 0. The molecule has 1 heterocycles. The third-order valence-corrected chi connectivity index (χ3v) is 4.91. The lowest BCUT2D eigenvalue weighted by atomic mass is 9.83. The molecular weight excluding hydrogens is 348 g/mol. The predicted octanol–water partition coefficient (Wildman–Crippen LogP) is 2.19. The van der Waals surface area contributed by atoms with Crippen LogP contribution >= 0.6 is 0 Å². The van der Waals surface area contributed by atoms with Crippen molar-refractivity contribution in [1.82, 2.24) is 4.90 Å². The lowest BCUT2D eigenvalue weighted by molar-refractivity contribution is -0.164. The number of para-hydroxylation sites is 1. The maximum atomic E-state index is 12.8. The second-order valence-electron chi connectivity index (χ2n) is 6.75. The summed E-state index contributed by atoms with van der Waals surface area (Å²) in [7, 11) is 1.56. The van der Waals surface area contributed by atoms with Crippen molar-refractivity contribution in [2.75, 3.05) is 13.7 Å². The minimum absolute atomic E-state index is 0.00589. The minimum atomic E-state index is -1.02. The van der Waals surface area contributed by atoms with Crippen molar-refractivity contribution >= 4 is 17.8 Å². The predicted molar refractivity (Wildman–Crippen MR) is 99.8 cm³/mol. The third-order valence-electron chi connectivity index (χ3n) is 4.91. The van der Waals surface area contributed by atoms with Gasteiger partial charge in [-0.15, -0.1) is 0 Å². The number of rotatable bonds is 8. The largest absolute Gasteiger partial charge is 0.496 e. The van der Waals surface area contributed by atoms with Crippen LogP contribution in [0.15, 0.2) is 24.3 Å².